The molecule has 0 heterocycles. The Morgan fingerprint density at radius 2 is 2.05 bits per heavy atom. The first-order valence-electron chi connectivity index (χ1n) is 6.09. The van der Waals surface area contributed by atoms with Gasteiger partial charge in [0.15, 0.2) is 0 Å². The zero-order chi connectivity index (χ0) is 14.3. The van der Waals surface area contributed by atoms with E-state index in [-0.39, 0.29) is 18.9 Å². The molecule has 0 atom stereocenters. The molecule has 2 N–H and O–H groups in total. The summed E-state index contributed by atoms with van der Waals surface area (Å²) in [6.07, 6.45) is -3.69. The lowest BCUT2D eigenvalue weighted by Gasteiger charge is -2.15. The Morgan fingerprint density at radius 3 is 2.63 bits per heavy atom. The monoisotopic (exact) mass is 293 g/mol. The Morgan fingerprint density at radius 1 is 1.32 bits per heavy atom. The Labute approximate surface area is 115 Å². The molecule has 0 aliphatic heterocycles. The van der Waals surface area contributed by atoms with E-state index in [1.54, 1.807) is 17.8 Å². The Kier molecular flexibility index (Phi) is 6.51. The second-order valence-electron chi connectivity index (χ2n) is 3.93. The van der Waals surface area contributed by atoms with Gasteiger partial charge in [-0.25, -0.2) is 0 Å². The Balaban J connectivity index is 2.71. The topological polar surface area (TPSA) is 35.2 Å². The summed E-state index contributed by atoms with van der Waals surface area (Å²) in [6.45, 7) is 2.41. The fourth-order valence-corrected chi connectivity index (χ4v) is 2.15. The van der Waals surface area contributed by atoms with Gasteiger partial charge >= 0.3 is 6.18 Å². The van der Waals surface area contributed by atoms with E-state index in [2.05, 4.69) is 0 Å². The van der Waals surface area contributed by atoms with E-state index >= 15 is 0 Å². The third-order valence-corrected chi connectivity index (χ3v) is 3.47. The minimum absolute atomic E-state index is 0.0799. The maximum Gasteiger partial charge on any atom is 0.419 e. The number of nitrogens with two attached hydrogens (primary N) is 1. The maximum absolute atomic E-state index is 12.9. The van der Waals surface area contributed by atoms with Crippen LogP contribution in [0.1, 0.15) is 24.5 Å². The molecule has 1 aromatic rings. The zero-order valence-electron chi connectivity index (χ0n) is 10.8. The summed E-state index contributed by atoms with van der Waals surface area (Å²) in [4.78, 5) is 0. The van der Waals surface area contributed by atoms with Gasteiger partial charge < -0.3 is 10.5 Å². The average molecular weight is 293 g/mol. The van der Waals surface area contributed by atoms with Crippen LogP contribution < -0.4 is 10.5 Å². The van der Waals surface area contributed by atoms with E-state index in [4.69, 9.17) is 10.5 Å². The quantitative estimate of drug-likeness (QED) is 0.779. The highest BCUT2D eigenvalue weighted by Crippen LogP contribution is 2.36. The summed E-state index contributed by atoms with van der Waals surface area (Å²) in [7, 11) is 0. The van der Waals surface area contributed by atoms with Gasteiger partial charge in [-0.2, -0.15) is 24.9 Å². The lowest BCUT2D eigenvalue weighted by molar-refractivity contribution is -0.139. The normalized spacial score (nSPS) is 11.6. The molecule has 0 spiro atoms. The summed E-state index contributed by atoms with van der Waals surface area (Å²) in [5.41, 5.74) is 5.05. The molecule has 19 heavy (non-hydrogen) atoms. The third-order valence-electron chi connectivity index (χ3n) is 2.48. The van der Waals surface area contributed by atoms with Crippen LogP contribution in [0.2, 0.25) is 0 Å². The van der Waals surface area contributed by atoms with Crippen LogP contribution in [0.15, 0.2) is 18.2 Å². The van der Waals surface area contributed by atoms with Crippen molar-refractivity contribution in [2.45, 2.75) is 26.1 Å². The first-order chi connectivity index (χ1) is 8.99. The molecule has 0 fully saturated rings. The van der Waals surface area contributed by atoms with Crippen molar-refractivity contribution in [1.82, 2.24) is 0 Å². The molecule has 0 bridgehead atoms. The minimum Gasteiger partial charge on any atom is -0.493 e. The van der Waals surface area contributed by atoms with Crippen molar-refractivity contribution in [3.05, 3.63) is 29.3 Å². The highest BCUT2D eigenvalue weighted by molar-refractivity contribution is 7.99. The van der Waals surface area contributed by atoms with Gasteiger partial charge in [-0.05, 0) is 35.6 Å². The second kappa shape index (κ2) is 7.65. The Bertz CT molecular complexity index is 396. The predicted octanol–water partition coefficient (Wildman–Crippen LogP) is 3.69. The van der Waals surface area contributed by atoms with Crippen LogP contribution in [-0.2, 0) is 12.7 Å². The number of hydrogen-bond donors (Lipinski definition) is 1. The summed E-state index contributed by atoms with van der Waals surface area (Å²) >= 11 is 1.74. The molecule has 1 aromatic carbocycles. The lowest BCUT2D eigenvalue weighted by Crippen LogP contribution is -2.11. The van der Waals surface area contributed by atoms with Gasteiger partial charge in [-0.15, -0.1) is 0 Å². The summed E-state index contributed by atoms with van der Waals surface area (Å²) in [5, 5.41) is 0. The van der Waals surface area contributed by atoms with Crippen LogP contribution >= 0.6 is 11.8 Å². The van der Waals surface area contributed by atoms with Crippen molar-refractivity contribution >= 4 is 11.8 Å². The van der Waals surface area contributed by atoms with E-state index in [0.717, 1.165) is 24.0 Å². The number of ether oxygens (including phenoxy) is 1. The molecule has 108 valence electrons. The van der Waals surface area contributed by atoms with Gasteiger partial charge in [0.05, 0.1) is 12.2 Å². The van der Waals surface area contributed by atoms with Crippen molar-refractivity contribution in [3.63, 3.8) is 0 Å². The van der Waals surface area contributed by atoms with E-state index in [9.17, 15) is 13.2 Å². The third kappa shape index (κ3) is 5.32. The van der Waals surface area contributed by atoms with Crippen LogP contribution in [0, 0.1) is 0 Å². The second-order valence-corrected chi connectivity index (χ2v) is 5.33. The maximum atomic E-state index is 12.9. The molecule has 6 heteroatoms. The largest absolute Gasteiger partial charge is 0.493 e. The smallest absolute Gasteiger partial charge is 0.419 e. The standard InChI is InChI=1S/C13H18F3NOS/c1-2-19-7-3-6-18-12-5-4-10(9-17)8-11(12)13(14,15)16/h4-5,8H,2-3,6-7,9,17H2,1H3. The fourth-order valence-electron chi connectivity index (χ4n) is 1.54. The highest BCUT2D eigenvalue weighted by atomic mass is 32.2. The SMILES string of the molecule is CCSCCCOc1ccc(CN)cc1C(F)(F)F. The van der Waals surface area contributed by atoms with Crippen molar-refractivity contribution in [1.29, 1.82) is 0 Å². The van der Waals surface area contributed by atoms with Crippen molar-refractivity contribution < 1.29 is 17.9 Å². The van der Waals surface area contributed by atoms with Crippen LogP contribution in [0.3, 0.4) is 0 Å². The molecule has 0 aliphatic rings. The van der Waals surface area contributed by atoms with Gasteiger partial charge in [-0.3, -0.25) is 0 Å². The van der Waals surface area contributed by atoms with Crippen LogP contribution in [0.4, 0.5) is 13.2 Å². The summed E-state index contributed by atoms with van der Waals surface area (Å²) < 4.78 is 43.8. The average Bonchev–Trinajstić information content (AvgIpc) is 2.37. The highest BCUT2D eigenvalue weighted by Gasteiger charge is 2.34. The molecule has 0 unspecified atom stereocenters. The number of rotatable bonds is 7. The number of halogens is 3. The van der Waals surface area contributed by atoms with Gasteiger partial charge in [-0.1, -0.05) is 13.0 Å². The lowest BCUT2D eigenvalue weighted by atomic mass is 10.1. The van der Waals surface area contributed by atoms with Gasteiger partial charge in [0.25, 0.3) is 0 Å². The molecule has 1 rings (SSSR count). The van der Waals surface area contributed by atoms with Crippen LogP contribution in [-0.4, -0.2) is 18.1 Å². The van der Waals surface area contributed by atoms with E-state index < -0.39 is 11.7 Å². The van der Waals surface area contributed by atoms with E-state index in [1.165, 1.54) is 6.07 Å². The first-order valence-corrected chi connectivity index (χ1v) is 7.25. The summed E-state index contributed by atoms with van der Waals surface area (Å²) in [5.74, 6) is 1.77. The minimum atomic E-state index is -4.42. The van der Waals surface area contributed by atoms with Crippen molar-refractivity contribution in [2.24, 2.45) is 5.73 Å². The summed E-state index contributed by atoms with van der Waals surface area (Å²) in [6, 6.07) is 3.96. The Hall–Kier alpha value is -0.880. The molecular formula is C13H18F3NOS. The molecule has 0 saturated heterocycles. The predicted molar refractivity (Wildman–Crippen MR) is 72.4 cm³/mol. The molecule has 0 aliphatic carbocycles. The van der Waals surface area contributed by atoms with Gasteiger partial charge in [0.1, 0.15) is 5.75 Å². The van der Waals surface area contributed by atoms with Crippen molar-refractivity contribution in [3.8, 4) is 5.75 Å². The van der Waals surface area contributed by atoms with E-state index in [1.807, 2.05) is 6.92 Å². The number of benzene rings is 1. The zero-order valence-corrected chi connectivity index (χ0v) is 11.6. The number of hydrogen-bond acceptors (Lipinski definition) is 3. The molecule has 0 saturated carbocycles. The molecule has 0 radical (unpaired) electrons. The van der Waals surface area contributed by atoms with Crippen LogP contribution in [0.25, 0.3) is 0 Å². The molecule has 2 nitrogen and oxygen atoms in total. The molecule has 0 amide bonds. The molecule has 0 aromatic heterocycles. The molecular weight excluding hydrogens is 275 g/mol. The van der Waals surface area contributed by atoms with Gasteiger partial charge in [0.2, 0.25) is 0 Å². The van der Waals surface area contributed by atoms with E-state index in [0.29, 0.717) is 5.56 Å². The van der Waals surface area contributed by atoms with Crippen molar-refractivity contribution in [2.75, 3.05) is 18.1 Å². The van der Waals surface area contributed by atoms with Crippen LogP contribution in [0.5, 0.6) is 5.75 Å². The van der Waals surface area contributed by atoms with Gasteiger partial charge in [0, 0.05) is 6.54 Å². The number of thioether (sulfide) groups is 1. The number of alkyl halides is 3. The first kappa shape index (κ1) is 16.2. The fraction of sp³-hybridized carbons (Fsp3) is 0.538.